The van der Waals surface area contributed by atoms with Crippen LogP contribution >= 0.6 is 11.6 Å². The molecule has 0 aromatic carbocycles. The maximum Gasteiger partial charge on any atom is 0.237 e. The molecule has 0 aliphatic heterocycles. The molecular weight excluding hydrogens is 238 g/mol. The predicted octanol–water partition coefficient (Wildman–Crippen LogP) is 2.83. The molecule has 0 bridgehead atoms. The van der Waals surface area contributed by atoms with Crippen LogP contribution in [0.4, 0.5) is 5.95 Å². The molecule has 0 spiro atoms. The van der Waals surface area contributed by atoms with Crippen molar-refractivity contribution in [2.45, 2.75) is 19.4 Å². The summed E-state index contributed by atoms with van der Waals surface area (Å²) in [6, 6.07) is 0.120. The molecule has 2 rings (SSSR count). The minimum absolute atomic E-state index is 0.120. The number of nitrogens with one attached hydrogen (secondary N) is 1. The Bertz CT molecular complexity index is 471. The SMILES string of the molecule is COc1nc(NC2C=CCC(C)=C2)ncc1Cl. The summed E-state index contributed by atoms with van der Waals surface area (Å²) in [4.78, 5) is 8.28. The molecule has 1 aromatic rings. The molecule has 0 amide bonds. The first-order valence-electron chi connectivity index (χ1n) is 5.36. The minimum atomic E-state index is 0.120. The molecular formula is C12H14ClN3O. The molecule has 5 heteroatoms. The molecule has 90 valence electrons. The van der Waals surface area contributed by atoms with Crippen LogP contribution in [0.5, 0.6) is 5.88 Å². The van der Waals surface area contributed by atoms with Crippen LogP contribution in [-0.2, 0) is 0 Å². The highest BCUT2D eigenvalue weighted by atomic mass is 35.5. The Labute approximate surface area is 105 Å². The Balaban J connectivity index is 2.13. The number of aromatic nitrogens is 2. The van der Waals surface area contributed by atoms with Crippen molar-refractivity contribution in [3.63, 3.8) is 0 Å². The number of ether oxygens (including phenoxy) is 1. The van der Waals surface area contributed by atoms with Crippen LogP contribution in [0, 0.1) is 0 Å². The van der Waals surface area contributed by atoms with E-state index in [0.29, 0.717) is 16.9 Å². The molecule has 4 nitrogen and oxygen atoms in total. The van der Waals surface area contributed by atoms with Gasteiger partial charge < -0.3 is 10.1 Å². The Hall–Kier alpha value is -1.55. The molecule has 1 N–H and O–H groups in total. The van der Waals surface area contributed by atoms with Crippen molar-refractivity contribution in [3.8, 4) is 5.88 Å². The normalized spacial score (nSPS) is 18.8. The number of hydrogen-bond donors (Lipinski definition) is 1. The third kappa shape index (κ3) is 2.97. The number of methoxy groups -OCH3 is 1. The van der Waals surface area contributed by atoms with Crippen molar-refractivity contribution in [2.75, 3.05) is 12.4 Å². The monoisotopic (exact) mass is 251 g/mol. The Morgan fingerprint density at radius 1 is 1.53 bits per heavy atom. The molecule has 17 heavy (non-hydrogen) atoms. The molecule has 1 aliphatic rings. The van der Waals surface area contributed by atoms with Crippen LogP contribution in [-0.4, -0.2) is 23.1 Å². The maximum atomic E-state index is 5.86. The van der Waals surface area contributed by atoms with Crippen molar-refractivity contribution in [3.05, 3.63) is 35.0 Å². The van der Waals surface area contributed by atoms with Crippen LogP contribution in [0.25, 0.3) is 0 Å². The maximum absolute atomic E-state index is 5.86. The standard InChI is InChI=1S/C12H14ClN3O/c1-8-4-3-5-9(6-8)15-12-14-7-10(13)11(16-12)17-2/h3,5-7,9H,4H2,1-2H3,(H,14,15,16). The summed E-state index contributed by atoms with van der Waals surface area (Å²) in [5.41, 5.74) is 1.32. The molecule has 1 aliphatic carbocycles. The number of anilines is 1. The van der Waals surface area contributed by atoms with Crippen LogP contribution in [0.15, 0.2) is 30.0 Å². The van der Waals surface area contributed by atoms with Crippen LogP contribution in [0.1, 0.15) is 13.3 Å². The largest absolute Gasteiger partial charge is 0.480 e. The van der Waals surface area contributed by atoms with Gasteiger partial charge in [0.2, 0.25) is 11.8 Å². The minimum Gasteiger partial charge on any atom is -0.480 e. The third-order valence-electron chi connectivity index (χ3n) is 2.45. The van der Waals surface area contributed by atoms with Gasteiger partial charge in [0.05, 0.1) is 19.3 Å². The van der Waals surface area contributed by atoms with E-state index >= 15 is 0 Å². The van der Waals surface area contributed by atoms with Gasteiger partial charge in [0.25, 0.3) is 0 Å². The Kier molecular flexibility index (Phi) is 3.64. The molecule has 0 saturated heterocycles. The summed E-state index contributed by atoms with van der Waals surface area (Å²) in [6.07, 6.45) is 8.88. The van der Waals surface area contributed by atoms with Gasteiger partial charge in [-0.2, -0.15) is 4.98 Å². The van der Waals surface area contributed by atoms with Gasteiger partial charge in [0.1, 0.15) is 5.02 Å². The third-order valence-corrected chi connectivity index (χ3v) is 2.71. The second kappa shape index (κ2) is 5.19. The lowest BCUT2D eigenvalue weighted by molar-refractivity contribution is 0.397. The van der Waals surface area contributed by atoms with Gasteiger partial charge in [-0.15, -0.1) is 0 Å². The fourth-order valence-corrected chi connectivity index (χ4v) is 1.80. The molecule has 1 aromatic heterocycles. The van der Waals surface area contributed by atoms with Gasteiger partial charge in [0.15, 0.2) is 0 Å². The predicted molar refractivity (Wildman–Crippen MR) is 68.5 cm³/mol. The first kappa shape index (κ1) is 11.9. The van der Waals surface area contributed by atoms with Gasteiger partial charge in [-0.1, -0.05) is 35.4 Å². The number of hydrogen-bond acceptors (Lipinski definition) is 4. The van der Waals surface area contributed by atoms with E-state index in [-0.39, 0.29) is 6.04 Å². The summed E-state index contributed by atoms with van der Waals surface area (Å²) in [5, 5.41) is 3.60. The second-order valence-corrected chi connectivity index (χ2v) is 4.27. The smallest absolute Gasteiger partial charge is 0.237 e. The molecule has 1 heterocycles. The zero-order valence-corrected chi connectivity index (χ0v) is 10.5. The van der Waals surface area contributed by atoms with E-state index in [1.165, 1.54) is 18.9 Å². The fraction of sp³-hybridized carbons (Fsp3) is 0.333. The van der Waals surface area contributed by atoms with Crippen LogP contribution in [0.2, 0.25) is 5.02 Å². The molecule has 0 saturated carbocycles. The Morgan fingerprint density at radius 2 is 2.35 bits per heavy atom. The van der Waals surface area contributed by atoms with Gasteiger partial charge in [-0.05, 0) is 13.3 Å². The quantitative estimate of drug-likeness (QED) is 0.840. The molecule has 0 fully saturated rings. The molecule has 0 radical (unpaired) electrons. The van der Waals surface area contributed by atoms with Crippen LogP contribution in [0.3, 0.4) is 0 Å². The highest BCUT2D eigenvalue weighted by Crippen LogP contribution is 2.22. The summed E-state index contributed by atoms with van der Waals surface area (Å²) in [7, 11) is 1.53. The van der Waals surface area contributed by atoms with E-state index in [1.807, 2.05) is 0 Å². The average Bonchev–Trinajstić information content (AvgIpc) is 2.32. The van der Waals surface area contributed by atoms with E-state index in [4.69, 9.17) is 16.3 Å². The summed E-state index contributed by atoms with van der Waals surface area (Å²) in [5.74, 6) is 0.886. The van der Waals surface area contributed by atoms with E-state index in [2.05, 4.69) is 40.4 Å². The van der Waals surface area contributed by atoms with Crippen molar-refractivity contribution in [1.29, 1.82) is 0 Å². The van der Waals surface area contributed by atoms with Crippen LogP contribution < -0.4 is 10.1 Å². The van der Waals surface area contributed by atoms with Gasteiger partial charge in [-0.3, -0.25) is 0 Å². The van der Waals surface area contributed by atoms with E-state index in [1.54, 1.807) is 0 Å². The molecule has 1 unspecified atom stereocenters. The average molecular weight is 252 g/mol. The zero-order chi connectivity index (χ0) is 12.3. The lowest BCUT2D eigenvalue weighted by atomic mass is 10.0. The van der Waals surface area contributed by atoms with E-state index in [9.17, 15) is 0 Å². The lowest BCUT2D eigenvalue weighted by Crippen LogP contribution is -2.18. The molecule has 1 atom stereocenters. The van der Waals surface area contributed by atoms with Crippen molar-refractivity contribution < 1.29 is 4.74 Å². The Morgan fingerprint density at radius 3 is 3.06 bits per heavy atom. The van der Waals surface area contributed by atoms with Gasteiger partial charge in [-0.25, -0.2) is 4.98 Å². The fourth-order valence-electron chi connectivity index (χ4n) is 1.63. The summed E-state index contributed by atoms with van der Waals surface area (Å²) < 4.78 is 5.04. The topological polar surface area (TPSA) is 47.0 Å². The number of allylic oxidation sites excluding steroid dienone is 2. The first-order chi connectivity index (χ1) is 8.19. The van der Waals surface area contributed by atoms with E-state index in [0.717, 1.165) is 6.42 Å². The van der Waals surface area contributed by atoms with E-state index < -0.39 is 0 Å². The van der Waals surface area contributed by atoms with Gasteiger partial charge in [0, 0.05) is 0 Å². The highest BCUT2D eigenvalue weighted by Gasteiger charge is 2.10. The van der Waals surface area contributed by atoms with Crippen molar-refractivity contribution in [2.24, 2.45) is 0 Å². The number of halogens is 1. The summed E-state index contributed by atoms with van der Waals surface area (Å²) in [6.45, 7) is 2.10. The number of nitrogens with zero attached hydrogens (tertiary/aromatic N) is 2. The highest BCUT2D eigenvalue weighted by molar-refractivity contribution is 6.31. The lowest BCUT2D eigenvalue weighted by Gasteiger charge is -2.16. The van der Waals surface area contributed by atoms with Crippen molar-refractivity contribution >= 4 is 17.5 Å². The van der Waals surface area contributed by atoms with Crippen molar-refractivity contribution in [1.82, 2.24) is 9.97 Å². The second-order valence-electron chi connectivity index (χ2n) is 3.87. The first-order valence-corrected chi connectivity index (χ1v) is 5.74. The summed E-state index contributed by atoms with van der Waals surface area (Å²) >= 11 is 5.86. The zero-order valence-electron chi connectivity index (χ0n) is 9.77. The number of rotatable bonds is 3. The van der Waals surface area contributed by atoms with Gasteiger partial charge >= 0.3 is 0 Å².